The van der Waals surface area contributed by atoms with Gasteiger partial charge >= 0.3 is 0 Å². The molecule has 0 unspecified atom stereocenters. The SMILES string of the molecule is Fc1c(F)c(F)c(OCC(COc2c(F)c(F)c(F)c(F)c2F)(COc2c(F)c(F)c(F)c(F)c2F)COc2c(F)c(F)c(F)c(F)c2F)c(F)c1F. The lowest BCUT2D eigenvalue weighted by atomic mass is 9.91. The molecule has 24 heteroatoms. The van der Waals surface area contributed by atoms with Gasteiger partial charge in [0.25, 0.3) is 0 Å². The van der Waals surface area contributed by atoms with Crippen LogP contribution in [-0.2, 0) is 0 Å². The van der Waals surface area contributed by atoms with E-state index >= 15 is 0 Å². The van der Waals surface area contributed by atoms with Crippen LogP contribution in [0.15, 0.2) is 0 Å². The summed E-state index contributed by atoms with van der Waals surface area (Å²) in [5.41, 5.74) is -3.39. The first-order valence-electron chi connectivity index (χ1n) is 13.2. The maximum Gasteiger partial charge on any atom is 0.206 e. The summed E-state index contributed by atoms with van der Waals surface area (Å²) in [6.45, 7) is -8.42. The summed E-state index contributed by atoms with van der Waals surface area (Å²) in [6, 6.07) is 0. The van der Waals surface area contributed by atoms with Gasteiger partial charge in [0.15, 0.2) is 23.0 Å². The Balaban J connectivity index is 1.93. The van der Waals surface area contributed by atoms with Gasteiger partial charge in [-0.2, -0.15) is 35.1 Å². The Bertz CT molecular complexity index is 1710. The quantitative estimate of drug-likeness (QED) is 0.0815. The van der Waals surface area contributed by atoms with Crippen molar-refractivity contribution in [2.45, 2.75) is 0 Å². The number of hydrogen-bond acceptors (Lipinski definition) is 4. The molecule has 0 aromatic heterocycles. The van der Waals surface area contributed by atoms with Crippen molar-refractivity contribution >= 4 is 0 Å². The summed E-state index contributed by atoms with van der Waals surface area (Å²) < 4.78 is 299. The Hall–Kier alpha value is -5.32. The molecule has 4 aromatic carbocycles. The summed E-state index contributed by atoms with van der Waals surface area (Å²) in [7, 11) is 0. The molecule has 0 saturated carbocycles. The van der Waals surface area contributed by atoms with E-state index in [0.29, 0.717) is 0 Å². The summed E-state index contributed by atoms with van der Waals surface area (Å²) in [5.74, 6) is -65.5. The van der Waals surface area contributed by atoms with E-state index in [2.05, 4.69) is 18.9 Å². The predicted octanol–water partition coefficient (Wildman–Crippen LogP) is 9.07. The topological polar surface area (TPSA) is 36.9 Å². The third-order valence-corrected chi connectivity index (χ3v) is 6.77. The highest BCUT2D eigenvalue weighted by atomic mass is 19.2. The first kappa shape index (κ1) is 40.5. The largest absolute Gasteiger partial charge is 0.486 e. The second-order valence-electron chi connectivity index (χ2n) is 10.3. The summed E-state index contributed by atoms with van der Waals surface area (Å²) in [6.07, 6.45) is 0. The minimum absolute atomic E-state index is 2.11. The highest BCUT2D eigenvalue weighted by Crippen LogP contribution is 2.37. The fourth-order valence-corrected chi connectivity index (χ4v) is 4.00. The van der Waals surface area contributed by atoms with E-state index in [1.54, 1.807) is 0 Å². The summed E-state index contributed by atoms with van der Waals surface area (Å²) in [5, 5.41) is 0. The molecule has 0 atom stereocenters. The average Bonchev–Trinajstić information content (AvgIpc) is 3.14. The van der Waals surface area contributed by atoms with E-state index in [-0.39, 0.29) is 0 Å². The molecule has 0 N–H and O–H groups in total. The Kier molecular flexibility index (Phi) is 11.4. The van der Waals surface area contributed by atoms with Crippen LogP contribution in [0.2, 0.25) is 0 Å². The number of hydrogen-bond donors (Lipinski definition) is 0. The van der Waals surface area contributed by atoms with Crippen LogP contribution in [0.5, 0.6) is 23.0 Å². The molecule has 0 heterocycles. The maximum atomic E-state index is 14.4. The fourth-order valence-electron chi connectivity index (χ4n) is 4.00. The van der Waals surface area contributed by atoms with Crippen molar-refractivity contribution in [3.05, 3.63) is 116 Å². The third kappa shape index (κ3) is 7.09. The van der Waals surface area contributed by atoms with Crippen molar-refractivity contribution in [1.29, 1.82) is 0 Å². The second kappa shape index (κ2) is 15.0. The first-order chi connectivity index (χ1) is 24.6. The lowest BCUT2D eigenvalue weighted by Gasteiger charge is -2.33. The molecule has 0 fully saturated rings. The van der Waals surface area contributed by atoms with Gasteiger partial charge in [-0.15, -0.1) is 0 Å². The van der Waals surface area contributed by atoms with Crippen LogP contribution in [0.1, 0.15) is 0 Å². The van der Waals surface area contributed by atoms with Crippen molar-refractivity contribution in [3.63, 3.8) is 0 Å². The lowest BCUT2D eigenvalue weighted by Crippen LogP contribution is -2.46. The van der Waals surface area contributed by atoms with Crippen LogP contribution in [-0.4, -0.2) is 26.4 Å². The van der Waals surface area contributed by atoms with Crippen molar-refractivity contribution in [3.8, 4) is 23.0 Å². The normalized spacial score (nSPS) is 11.7. The van der Waals surface area contributed by atoms with Crippen molar-refractivity contribution < 1.29 is 107 Å². The molecule has 0 aliphatic rings. The van der Waals surface area contributed by atoms with Gasteiger partial charge in [-0.3, -0.25) is 0 Å². The van der Waals surface area contributed by atoms with E-state index in [1.807, 2.05) is 0 Å². The zero-order valence-corrected chi connectivity index (χ0v) is 24.5. The molecule has 0 aliphatic carbocycles. The van der Waals surface area contributed by atoms with Crippen LogP contribution < -0.4 is 18.9 Å². The predicted molar refractivity (Wildman–Crippen MR) is 129 cm³/mol. The molecule has 288 valence electrons. The maximum absolute atomic E-state index is 14.4. The van der Waals surface area contributed by atoms with Crippen molar-refractivity contribution in [2.24, 2.45) is 5.41 Å². The van der Waals surface area contributed by atoms with Crippen LogP contribution in [0, 0.1) is 122 Å². The Morgan fingerprint density at radius 3 is 0.453 bits per heavy atom. The van der Waals surface area contributed by atoms with Gasteiger partial charge in [-0.25, -0.2) is 52.7 Å². The van der Waals surface area contributed by atoms with Gasteiger partial charge in [0.1, 0.15) is 31.8 Å². The molecule has 0 aliphatic heterocycles. The molecular weight excluding hydrogens is 792 g/mol. The zero-order chi connectivity index (χ0) is 40.0. The molecule has 4 nitrogen and oxygen atoms in total. The van der Waals surface area contributed by atoms with Gasteiger partial charge in [-0.1, -0.05) is 0 Å². The molecule has 0 bridgehead atoms. The molecule has 0 amide bonds. The highest BCUT2D eigenvalue weighted by Gasteiger charge is 2.41. The summed E-state index contributed by atoms with van der Waals surface area (Å²) in [4.78, 5) is 0. The van der Waals surface area contributed by atoms with Crippen LogP contribution in [0.4, 0.5) is 87.8 Å². The molecule has 0 radical (unpaired) electrons. The molecule has 53 heavy (non-hydrogen) atoms. The van der Waals surface area contributed by atoms with Gasteiger partial charge in [-0.05, 0) is 0 Å². The van der Waals surface area contributed by atoms with E-state index in [1.165, 1.54) is 0 Å². The fraction of sp³-hybridized carbons (Fsp3) is 0.172. The molecule has 0 spiro atoms. The smallest absolute Gasteiger partial charge is 0.206 e. The standard InChI is InChI=1S/C29H8F20O4/c30-5-9(34)17(42)25(18(43)10(5)35)50-1-29(2-51-26-19(44)11(36)6(31)12(37)20(26)45,3-52-27-21(46)13(38)7(32)14(39)22(27)47)4-53-28-23(48)15(40)8(33)16(41)24(28)49/h1-4H2. The van der Waals surface area contributed by atoms with E-state index < -0.39 is 171 Å². The lowest BCUT2D eigenvalue weighted by molar-refractivity contribution is -0.0125. The number of ether oxygens (including phenoxy) is 4. The average molecular weight is 800 g/mol. The second-order valence-corrected chi connectivity index (χ2v) is 10.3. The van der Waals surface area contributed by atoms with Crippen LogP contribution >= 0.6 is 0 Å². The van der Waals surface area contributed by atoms with Crippen LogP contribution in [0.3, 0.4) is 0 Å². The Morgan fingerprint density at radius 2 is 0.321 bits per heavy atom. The Morgan fingerprint density at radius 1 is 0.208 bits per heavy atom. The van der Waals surface area contributed by atoms with Crippen molar-refractivity contribution in [1.82, 2.24) is 0 Å². The highest BCUT2D eigenvalue weighted by molar-refractivity contribution is 5.33. The summed E-state index contributed by atoms with van der Waals surface area (Å²) >= 11 is 0. The number of benzene rings is 4. The zero-order valence-electron chi connectivity index (χ0n) is 24.5. The van der Waals surface area contributed by atoms with Gasteiger partial charge in [0, 0.05) is 0 Å². The minimum Gasteiger partial charge on any atom is -0.486 e. The van der Waals surface area contributed by atoms with E-state index in [0.717, 1.165) is 0 Å². The van der Waals surface area contributed by atoms with E-state index in [4.69, 9.17) is 0 Å². The van der Waals surface area contributed by atoms with Gasteiger partial charge in [0.2, 0.25) is 116 Å². The monoisotopic (exact) mass is 800 g/mol. The van der Waals surface area contributed by atoms with Gasteiger partial charge < -0.3 is 18.9 Å². The van der Waals surface area contributed by atoms with Crippen molar-refractivity contribution in [2.75, 3.05) is 26.4 Å². The molecular formula is C29H8F20O4. The van der Waals surface area contributed by atoms with E-state index in [9.17, 15) is 87.8 Å². The van der Waals surface area contributed by atoms with Gasteiger partial charge in [0.05, 0.1) is 0 Å². The molecule has 4 aromatic rings. The first-order valence-corrected chi connectivity index (χ1v) is 13.2. The number of rotatable bonds is 12. The van der Waals surface area contributed by atoms with Crippen LogP contribution in [0.25, 0.3) is 0 Å². The minimum atomic E-state index is -3.39. The third-order valence-electron chi connectivity index (χ3n) is 6.77. The number of halogens is 20. The molecule has 0 saturated heterocycles. The Labute approximate surface area is 278 Å². The molecule has 4 rings (SSSR count).